The molecule has 0 amide bonds. The van der Waals surface area contributed by atoms with Gasteiger partial charge < -0.3 is 13.9 Å². The van der Waals surface area contributed by atoms with Crippen LogP contribution in [0.1, 0.15) is 11.3 Å². The molecular weight excluding hydrogens is 434 g/mol. The highest BCUT2D eigenvalue weighted by Gasteiger charge is 2.26. The van der Waals surface area contributed by atoms with Crippen LogP contribution < -0.4 is 9.47 Å². The van der Waals surface area contributed by atoms with Crippen LogP contribution in [0.3, 0.4) is 0 Å². The van der Waals surface area contributed by atoms with Crippen molar-refractivity contribution in [3.63, 3.8) is 0 Å². The number of nitrogens with zero attached hydrogens (tertiary/aromatic N) is 1. The molecule has 2 aromatic carbocycles. The maximum absolute atomic E-state index is 13.2. The first-order valence-corrected chi connectivity index (χ1v) is 10.4. The molecule has 0 bridgehead atoms. The van der Waals surface area contributed by atoms with Gasteiger partial charge in [0, 0.05) is 11.0 Å². The molecule has 1 aliphatic heterocycles. The monoisotopic (exact) mass is 449 g/mol. The molecule has 0 spiro atoms. The van der Waals surface area contributed by atoms with Crippen molar-refractivity contribution in [1.82, 2.24) is 4.31 Å². The Morgan fingerprint density at radius 3 is 2.48 bits per heavy atom. The topological polar surface area (TPSA) is 69.0 Å². The Morgan fingerprint density at radius 2 is 1.74 bits per heavy atom. The van der Waals surface area contributed by atoms with E-state index in [2.05, 4.69) is 15.9 Å². The molecule has 6 nitrogen and oxygen atoms in total. The van der Waals surface area contributed by atoms with Gasteiger partial charge in [-0.1, -0.05) is 22.0 Å². The van der Waals surface area contributed by atoms with Crippen LogP contribution in [-0.4, -0.2) is 19.5 Å². The summed E-state index contributed by atoms with van der Waals surface area (Å²) in [4.78, 5) is 0.220. The minimum absolute atomic E-state index is 0.125. The highest BCUT2D eigenvalue weighted by molar-refractivity contribution is 9.10. The van der Waals surface area contributed by atoms with Crippen molar-refractivity contribution in [2.24, 2.45) is 0 Å². The number of halogens is 1. The quantitative estimate of drug-likeness (QED) is 0.564. The SMILES string of the molecule is O=S(=O)(c1ccc(Br)cc1)N(Cc1ccc2c(c1)OCO2)Cc1ccco1. The average Bonchev–Trinajstić information content (AvgIpc) is 3.32. The third-order valence-corrected chi connectivity index (χ3v) is 6.49. The van der Waals surface area contributed by atoms with E-state index in [9.17, 15) is 8.42 Å². The molecule has 0 saturated heterocycles. The number of ether oxygens (including phenoxy) is 2. The first kappa shape index (κ1) is 18.1. The van der Waals surface area contributed by atoms with Crippen LogP contribution in [0.2, 0.25) is 0 Å². The standard InChI is InChI=1S/C19H16BrNO5S/c20-15-4-6-17(7-5-15)27(22,23)21(12-16-2-1-9-24-16)11-14-3-8-18-19(10-14)26-13-25-18/h1-10H,11-13H2. The minimum Gasteiger partial charge on any atom is -0.468 e. The van der Waals surface area contributed by atoms with E-state index in [1.807, 2.05) is 6.07 Å². The first-order chi connectivity index (χ1) is 13.0. The third-order valence-electron chi connectivity index (χ3n) is 4.16. The van der Waals surface area contributed by atoms with Crippen LogP contribution in [-0.2, 0) is 23.1 Å². The number of rotatable bonds is 6. The van der Waals surface area contributed by atoms with Crippen LogP contribution >= 0.6 is 15.9 Å². The van der Waals surface area contributed by atoms with E-state index in [1.54, 1.807) is 48.5 Å². The van der Waals surface area contributed by atoms with E-state index < -0.39 is 10.0 Å². The molecule has 2 heterocycles. The molecule has 0 fully saturated rings. The second-order valence-electron chi connectivity index (χ2n) is 5.99. The summed E-state index contributed by atoms with van der Waals surface area (Å²) in [6.45, 7) is 0.474. The molecular formula is C19H16BrNO5S. The van der Waals surface area contributed by atoms with Gasteiger partial charge in [0.2, 0.25) is 16.8 Å². The molecule has 1 aromatic heterocycles. The molecule has 3 aromatic rings. The summed E-state index contributed by atoms with van der Waals surface area (Å²) in [5.74, 6) is 1.84. The van der Waals surface area contributed by atoms with Gasteiger partial charge in [-0.05, 0) is 54.1 Å². The van der Waals surface area contributed by atoms with Crippen LogP contribution in [0.15, 0.2) is 74.6 Å². The highest BCUT2D eigenvalue weighted by atomic mass is 79.9. The fraction of sp³-hybridized carbons (Fsp3) is 0.158. The van der Waals surface area contributed by atoms with Gasteiger partial charge >= 0.3 is 0 Å². The Hall–Kier alpha value is -2.29. The molecule has 0 aliphatic carbocycles. The smallest absolute Gasteiger partial charge is 0.243 e. The van der Waals surface area contributed by atoms with Gasteiger partial charge in [-0.3, -0.25) is 0 Å². The van der Waals surface area contributed by atoms with Crippen molar-refractivity contribution in [3.8, 4) is 11.5 Å². The lowest BCUT2D eigenvalue weighted by molar-refractivity contribution is 0.174. The van der Waals surface area contributed by atoms with E-state index in [1.165, 1.54) is 10.6 Å². The summed E-state index contributed by atoms with van der Waals surface area (Å²) in [6.07, 6.45) is 1.53. The highest BCUT2D eigenvalue weighted by Crippen LogP contribution is 2.33. The number of furan rings is 1. The zero-order valence-electron chi connectivity index (χ0n) is 14.2. The van der Waals surface area contributed by atoms with E-state index >= 15 is 0 Å². The maximum Gasteiger partial charge on any atom is 0.243 e. The Balaban J connectivity index is 1.67. The Bertz CT molecular complexity index is 1030. The minimum atomic E-state index is -3.73. The maximum atomic E-state index is 13.2. The summed E-state index contributed by atoms with van der Waals surface area (Å²) in [6, 6.07) is 15.5. The number of hydrogen-bond donors (Lipinski definition) is 0. The largest absolute Gasteiger partial charge is 0.468 e. The van der Waals surface area contributed by atoms with E-state index in [0.29, 0.717) is 17.3 Å². The zero-order chi connectivity index (χ0) is 18.9. The lowest BCUT2D eigenvalue weighted by atomic mass is 10.2. The van der Waals surface area contributed by atoms with Gasteiger partial charge in [-0.15, -0.1) is 0 Å². The van der Waals surface area contributed by atoms with E-state index in [4.69, 9.17) is 13.9 Å². The fourth-order valence-electron chi connectivity index (χ4n) is 2.80. The molecule has 0 saturated carbocycles. The first-order valence-electron chi connectivity index (χ1n) is 8.19. The molecule has 0 radical (unpaired) electrons. The summed E-state index contributed by atoms with van der Waals surface area (Å²) >= 11 is 3.33. The number of fused-ring (bicyclic) bond motifs is 1. The predicted octanol–water partition coefficient (Wildman–Crippen LogP) is 4.16. The van der Waals surface area contributed by atoms with Gasteiger partial charge in [-0.2, -0.15) is 4.31 Å². The van der Waals surface area contributed by atoms with Gasteiger partial charge in [0.1, 0.15) is 5.76 Å². The second-order valence-corrected chi connectivity index (χ2v) is 8.85. The molecule has 8 heteroatoms. The lowest BCUT2D eigenvalue weighted by Gasteiger charge is -2.21. The normalized spacial score (nSPS) is 13.3. The number of benzene rings is 2. The molecule has 140 valence electrons. The molecule has 0 N–H and O–H groups in total. The predicted molar refractivity (Wildman–Crippen MR) is 102 cm³/mol. The van der Waals surface area contributed by atoms with Crippen molar-refractivity contribution >= 4 is 26.0 Å². The van der Waals surface area contributed by atoms with E-state index in [0.717, 1.165) is 10.0 Å². The van der Waals surface area contributed by atoms with Gasteiger partial charge in [0.15, 0.2) is 11.5 Å². The van der Waals surface area contributed by atoms with Crippen LogP contribution in [0.25, 0.3) is 0 Å². The molecule has 1 aliphatic rings. The number of hydrogen-bond acceptors (Lipinski definition) is 5. The average molecular weight is 450 g/mol. The van der Waals surface area contributed by atoms with Crippen molar-refractivity contribution in [2.45, 2.75) is 18.0 Å². The number of sulfonamides is 1. The second kappa shape index (κ2) is 7.38. The Morgan fingerprint density at radius 1 is 0.963 bits per heavy atom. The van der Waals surface area contributed by atoms with Crippen molar-refractivity contribution in [2.75, 3.05) is 6.79 Å². The summed E-state index contributed by atoms with van der Waals surface area (Å²) in [5, 5.41) is 0. The Labute approximate surface area is 165 Å². The van der Waals surface area contributed by atoms with Crippen LogP contribution in [0.4, 0.5) is 0 Å². The summed E-state index contributed by atoms with van der Waals surface area (Å²) < 4.78 is 44.7. The fourth-order valence-corrected chi connectivity index (χ4v) is 4.46. The summed E-state index contributed by atoms with van der Waals surface area (Å²) in [5.41, 5.74) is 0.798. The van der Waals surface area contributed by atoms with Crippen LogP contribution in [0, 0.1) is 0 Å². The zero-order valence-corrected chi connectivity index (χ0v) is 16.6. The molecule has 4 rings (SSSR count). The summed E-state index contributed by atoms with van der Waals surface area (Å²) in [7, 11) is -3.73. The molecule has 27 heavy (non-hydrogen) atoms. The van der Waals surface area contributed by atoms with Crippen molar-refractivity contribution in [3.05, 3.63) is 76.7 Å². The van der Waals surface area contributed by atoms with Gasteiger partial charge in [-0.25, -0.2) is 8.42 Å². The lowest BCUT2D eigenvalue weighted by Crippen LogP contribution is -2.30. The molecule has 0 atom stereocenters. The van der Waals surface area contributed by atoms with Crippen molar-refractivity contribution in [1.29, 1.82) is 0 Å². The molecule has 0 unspecified atom stereocenters. The van der Waals surface area contributed by atoms with Crippen LogP contribution in [0.5, 0.6) is 11.5 Å². The third kappa shape index (κ3) is 3.87. The van der Waals surface area contributed by atoms with Gasteiger partial charge in [0.25, 0.3) is 0 Å². The van der Waals surface area contributed by atoms with Crippen molar-refractivity contribution < 1.29 is 22.3 Å². The van der Waals surface area contributed by atoms with E-state index in [-0.39, 0.29) is 24.8 Å². The Kier molecular flexibility index (Phi) is 4.94. The van der Waals surface area contributed by atoms with Gasteiger partial charge in [0.05, 0.1) is 17.7 Å².